The molecule has 0 unspecified atom stereocenters. The van der Waals surface area contributed by atoms with Crippen molar-refractivity contribution in [2.75, 3.05) is 4.90 Å². The zero-order chi connectivity index (χ0) is 29.3. The van der Waals surface area contributed by atoms with E-state index in [1.165, 1.54) is 0 Å². The van der Waals surface area contributed by atoms with Crippen LogP contribution in [0, 0.1) is 0 Å². The van der Waals surface area contributed by atoms with E-state index in [2.05, 4.69) is 49.1 Å². The van der Waals surface area contributed by atoms with Crippen molar-refractivity contribution in [2.45, 2.75) is 19.3 Å². The number of aromatic nitrogens is 1. The molecule has 0 N–H and O–H groups in total. The summed E-state index contributed by atoms with van der Waals surface area (Å²) in [5, 5.41) is 2.80. The molecule has 2 heterocycles. The molecule has 0 atom stereocenters. The topological polar surface area (TPSA) is 63.4 Å². The molecule has 0 amide bonds. The number of hydrogen-bond donors (Lipinski definition) is 0. The van der Waals surface area contributed by atoms with Gasteiger partial charge in [0, 0.05) is 38.5 Å². The fourth-order valence-electron chi connectivity index (χ4n) is 6.49. The Labute approximate surface area is 247 Å². The van der Waals surface area contributed by atoms with Crippen molar-refractivity contribution in [1.29, 1.82) is 0 Å². The maximum absolute atomic E-state index is 13.5. The smallest absolute Gasteiger partial charge is 0.197 e. The molecule has 0 fully saturated rings. The lowest BCUT2D eigenvalue weighted by molar-refractivity contribution is 0.567. The minimum atomic E-state index is -0.411. The molecule has 1 aliphatic carbocycles. The summed E-state index contributed by atoms with van der Waals surface area (Å²) in [6, 6.07) is 35.7. The summed E-state index contributed by atoms with van der Waals surface area (Å²) < 4.78 is 6.36. The van der Waals surface area contributed by atoms with Gasteiger partial charge in [-0.3, -0.25) is 14.6 Å². The predicted octanol–water partition coefficient (Wildman–Crippen LogP) is 7.46. The molecule has 8 rings (SSSR count). The van der Waals surface area contributed by atoms with E-state index < -0.39 is 5.41 Å². The summed E-state index contributed by atoms with van der Waals surface area (Å²) in [5.74, 6) is 1.13. The lowest BCUT2D eigenvalue weighted by Gasteiger charge is -2.27. The van der Waals surface area contributed by atoms with Crippen molar-refractivity contribution >= 4 is 44.7 Å². The van der Waals surface area contributed by atoms with Crippen molar-refractivity contribution in [1.82, 2.24) is 4.98 Å². The van der Waals surface area contributed by atoms with Crippen molar-refractivity contribution in [3.05, 3.63) is 158 Å². The third-order valence-electron chi connectivity index (χ3n) is 8.64. The normalized spacial score (nSPS) is 13.3. The Hall–Kier alpha value is -5.55. The summed E-state index contributed by atoms with van der Waals surface area (Å²) in [7, 11) is 0. The Morgan fingerprint density at radius 2 is 1.30 bits per heavy atom. The Kier molecular flexibility index (Phi) is 5.41. The zero-order valence-electron chi connectivity index (χ0n) is 23.7. The first-order chi connectivity index (χ1) is 20.9. The largest absolute Gasteiger partial charge is 0.455 e. The molecule has 0 radical (unpaired) electrons. The summed E-state index contributed by atoms with van der Waals surface area (Å²) in [6.45, 7) is 4.30. The van der Waals surface area contributed by atoms with Crippen LogP contribution in [0.5, 0.6) is 0 Å². The van der Waals surface area contributed by atoms with Gasteiger partial charge in [0.15, 0.2) is 16.6 Å². The number of para-hydroxylation sites is 2. The summed E-state index contributed by atoms with van der Waals surface area (Å²) in [4.78, 5) is 34.1. The fraction of sp³-hybridized carbons (Fsp3) is 0.0789. The Morgan fingerprint density at radius 1 is 0.698 bits per heavy atom. The standard InChI is InChI=1S/C38H26N2O3/c1-38(2)31-19-26(40(24-13-5-3-6-14-24)25-15-7-4-8-16-25)22-39-34(31)37-32(38)21-27(43-37)20-30-35(41)28-17-9-11-23-12-10-18-29(33(23)28)36(30)42/h3-22H,1-2H3. The first-order valence-corrected chi connectivity index (χ1v) is 14.3. The van der Waals surface area contributed by atoms with Crippen LogP contribution in [-0.4, -0.2) is 4.98 Å². The van der Waals surface area contributed by atoms with Crippen molar-refractivity contribution < 1.29 is 4.42 Å². The fourth-order valence-corrected chi connectivity index (χ4v) is 6.49. The lowest BCUT2D eigenvalue weighted by Crippen LogP contribution is -2.38. The highest BCUT2D eigenvalue weighted by Gasteiger charge is 2.40. The number of anilines is 3. The molecular formula is C38H26N2O3. The molecule has 1 aliphatic rings. The van der Waals surface area contributed by atoms with E-state index in [4.69, 9.17) is 9.40 Å². The molecule has 2 aromatic heterocycles. The number of benzene rings is 5. The van der Waals surface area contributed by atoms with Crippen LogP contribution in [0.1, 0.15) is 30.7 Å². The van der Waals surface area contributed by atoms with E-state index in [1.807, 2.05) is 72.9 Å². The molecule has 0 bridgehead atoms. The second kappa shape index (κ2) is 9.23. The van der Waals surface area contributed by atoms with Gasteiger partial charge >= 0.3 is 0 Å². The van der Waals surface area contributed by atoms with Crippen molar-refractivity contribution in [3.63, 3.8) is 0 Å². The first kappa shape index (κ1) is 25.2. The van der Waals surface area contributed by atoms with Gasteiger partial charge in [-0.15, -0.1) is 0 Å². The van der Waals surface area contributed by atoms with Gasteiger partial charge in [-0.1, -0.05) is 86.6 Å². The van der Waals surface area contributed by atoms with Crippen LogP contribution in [0.3, 0.4) is 0 Å². The molecule has 0 saturated carbocycles. The summed E-state index contributed by atoms with van der Waals surface area (Å²) in [6.07, 6.45) is 3.46. The van der Waals surface area contributed by atoms with Crippen LogP contribution in [-0.2, 0) is 5.41 Å². The number of hydrogen-bond acceptors (Lipinski definition) is 5. The molecule has 5 aromatic carbocycles. The highest BCUT2D eigenvalue weighted by molar-refractivity contribution is 6.09. The van der Waals surface area contributed by atoms with Gasteiger partial charge in [-0.25, -0.2) is 0 Å². The maximum atomic E-state index is 13.5. The highest BCUT2D eigenvalue weighted by Crippen LogP contribution is 2.50. The molecule has 7 aromatic rings. The zero-order valence-corrected chi connectivity index (χ0v) is 23.7. The Morgan fingerprint density at radius 3 is 1.91 bits per heavy atom. The SMILES string of the molecule is CC1(C)c2cc(N(c3ccccc3)c3ccccc3)cnc2-c2oc(C=c3c(=O)c4cccc5cccc(c3=O)c54)cc21. The third kappa shape index (κ3) is 3.75. The van der Waals surface area contributed by atoms with Crippen LogP contribution in [0.4, 0.5) is 17.1 Å². The quantitative estimate of drug-likeness (QED) is 0.224. The molecule has 0 spiro atoms. The number of fused-ring (bicyclic) bond motifs is 3. The Bertz CT molecular complexity index is 2260. The van der Waals surface area contributed by atoms with Crippen LogP contribution >= 0.6 is 0 Å². The molecule has 0 saturated heterocycles. The van der Waals surface area contributed by atoms with Crippen molar-refractivity contribution in [3.8, 4) is 11.5 Å². The van der Waals surface area contributed by atoms with E-state index in [-0.39, 0.29) is 16.1 Å². The van der Waals surface area contributed by atoms with Crippen LogP contribution in [0.25, 0.3) is 39.1 Å². The third-order valence-corrected chi connectivity index (χ3v) is 8.64. The summed E-state index contributed by atoms with van der Waals surface area (Å²) >= 11 is 0. The van der Waals surface area contributed by atoms with E-state index in [9.17, 15) is 9.59 Å². The van der Waals surface area contributed by atoms with Crippen LogP contribution in [0.15, 0.2) is 129 Å². The molecule has 43 heavy (non-hydrogen) atoms. The maximum Gasteiger partial charge on any atom is 0.197 e. The number of pyridine rings is 1. The molecule has 0 aliphatic heterocycles. The van der Waals surface area contributed by atoms with Gasteiger partial charge in [0.1, 0.15) is 11.5 Å². The van der Waals surface area contributed by atoms with Gasteiger partial charge in [0.2, 0.25) is 0 Å². The highest BCUT2D eigenvalue weighted by atomic mass is 16.3. The van der Waals surface area contributed by atoms with Gasteiger partial charge in [-0.05, 0) is 53.4 Å². The summed E-state index contributed by atoms with van der Waals surface area (Å²) in [5.41, 5.74) is 4.85. The van der Waals surface area contributed by atoms with E-state index >= 15 is 0 Å². The van der Waals surface area contributed by atoms with Gasteiger partial charge in [0.25, 0.3) is 0 Å². The lowest BCUT2D eigenvalue weighted by atomic mass is 9.83. The predicted molar refractivity (Wildman–Crippen MR) is 173 cm³/mol. The van der Waals surface area contributed by atoms with Crippen LogP contribution in [0.2, 0.25) is 0 Å². The number of rotatable bonds is 4. The molecule has 5 heteroatoms. The monoisotopic (exact) mass is 558 g/mol. The second-order valence-electron chi connectivity index (χ2n) is 11.5. The van der Waals surface area contributed by atoms with Crippen LogP contribution < -0.4 is 21.0 Å². The average Bonchev–Trinajstić information content (AvgIpc) is 3.55. The Balaban J connectivity index is 1.27. The van der Waals surface area contributed by atoms with E-state index in [0.29, 0.717) is 27.7 Å². The van der Waals surface area contributed by atoms with Crippen molar-refractivity contribution in [2.24, 2.45) is 0 Å². The van der Waals surface area contributed by atoms with Gasteiger partial charge in [-0.2, -0.15) is 0 Å². The first-order valence-electron chi connectivity index (χ1n) is 14.3. The average molecular weight is 559 g/mol. The van der Waals surface area contributed by atoms with Gasteiger partial charge < -0.3 is 9.32 Å². The molecular weight excluding hydrogens is 532 g/mol. The number of nitrogens with zero attached hydrogens (tertiary/aromatic N) is 2. The molecule has 5 nitrogen and oxygen atoms in total. The van der Waals surface area contributed by atoms with E-state index in [0.717, 1.165) is 39.3 Å². The van der Waals surface area contributed by atoms with E-state index in [1.54, 1.807) is 18.2 Å². The molecule has 206 valence electrons. The van der Waals surface area contributed by atoms with Gasteiger partial charge in [0.05, 0.1) is 17.1 Å². The minimum absolute atomic E-state index is 0.112. The number of furan rings is 1. The minimum Gasteiger partial charge on any atom is -0.455 e. The second-order valence-corrected chi connectivity index (χ2v) is 11.5.